The average molecular weight is 320 g/mol. The molecule has 0 radical (unpaired) electrons. The van der Waals surface area contributed by atoms with Crippen LogP contribution in [0.3, 0.4) is 0 Å². The molecular weight excluding hydrogens is 308 g/mol. The summed E-state index contributed by atoms with van der Waals surface area (Å²) in [5, 5.41) is 8.47. The summed E-state index contributed by atoms with van der Waals surface area (Å²) in [7, 11) is -2.94. The molecule has 1 rings (SSSR count). The number of carboxylic acid groups (broad SMARTS) is 1. The fourth-order valence-corrected chi connectivity index (χ4v) is 2.75. The Bertz CT molecular complexity index is 619. The van der Waals surface area contributed by atoms with Crippen LogP contribution >= 0.6 is 11.3 Å². The topological polar surface area (TPSA) is 122 Å². The number of methoxy groups -OCH3 is 1. The normalized spacial score (nSPS) is 11.4. The first-order valence-electron chi connectivity index (χ1n) is 5.17. The van der Waals surface area contributed by atoms with E-state index in [-0.39, 0.29) is 6.54 Å². The number of hydrogen-bond donors (Lipinski definition) is 3. The van der Waals surface area contributed by atoms with E-state index in [2.05, 4.69) is 9.46 Å². The predicted octanol–water partition coefficient (Wildman–Crippen LogP) is 0.536. The summed E-state index contributed by atoms with van der Waals surface area (Å²) in [6.45, 7) is -0.0299. The van der Waals surface area contributed by atoms with Gasteiger partial charge in [0, 0.05) is 22.4 Å². The number of nitrogens with one attached hydrogen (secondary N) is 2. The first kappa shape index (κ1) is 16.1. The lowest BCUT2D eigenvalue weighted by Crippen LogP contribution is -2.39. The molecule has 0 aromatic carbocycles. The van der Waals surface area contributed by atoms with Gasteiger partial charge in [-0.25, -0.2) is 14.3 Å². The fraction of sp³-hybridized carbons (Fsp3) is 0.200. The summed E-state index contributed by atoms with van der Waals surface area (Å²) in [5.74, 6) is -1.07. The Morgan fingerprint density at radius 3 is 2.75 bits per heavy atom. The molecule has 20 heavy (non-hydrogen) atoms. The molecule has 1 heterocycles. The third kappa shape index (κ3) is 5.82. The Kier molecular flexibility index (Phi) is 5.67. The maximum Gasteiger partial charge on any atom is 0.421 e. The van der Waals surface area contributed by atoms with Gasteiger partial charge in [-0.1, -0.05) is 0 Å². The van der Waals surface area contributed by atoms with Gasteiger partial charge >= 0.3 is 22.3 Å². The van der Waals surface area contributed by atoms with E-state index in [0.29, 0.717) is 9.75 Å². The molecule has 110 valence electrons. The molecule has 0 spiro atoms. The molecule has 8 nitrogen and oxygen atoms in total. The zero-order valence-electron chi connectivity index (χ0n) is 10.3. The monoisotopic (exact) mass is 320 g/mol. The van der Waals surface area contributed by atoms with Gasteiger partial charge in [0.25, 0.3) is 0 Å². The minimum absolute atomic E-state index is 0.0299. The van der Waals surface area contributed by atoms with Gasteiger partial charge in [-0.3, -0.25) is 0 Å². The van der Waals surface area contributed by atoms with Gasteiger partial charge in [0.05, 0.1) is 7.11 Å². The van der Waals surface area contributed by atoms with Crippen molar-refractivity contribution in [1.82, 2.24) is 9.44 Å². The van der Waals surface area contributed by atoms with E-state index in [1.807, 2.05) is 0 Å². The molecule has 1 aromatic heterocycles. The second kappa shape index (κ2) is 7.03. The minimum Gasteiger partial charge on any atom is -0.478 e. The summed E-state index contributed by atoms with van der Waals surface area (Å²) in [6.07, 6.45) is 1.30. The smallest absolute Gasteiger partial charge is 0.421 e. The lowest BCUT2D eigenvalue weighted by atomic mass is 10.4. The lowest BCUT2D eigenvalue weighted by Gasteiger charge is -2.05. The molecule has 0 unspecified atom stereocenters. The maximum atomic E-state index is 11.4. The van der Waals surface area contributed by atoms with Gasteiger partial charge in [0.2, 0.25) is 0 Å². The molecule has 1 amide bonds. The van der Waals surface area contributed by atoms with E-state index in [4.69, 9.17) is 5.11 Å². The highest BCUT2D eigenvalue weighted by Gasteiger charge is 2.14. The summed E-state index contributed by atoms with van der Waals surface area (Å²) in [4.78, 5) is 22.4. The van der Waals surface area contributed by atoms with Gasteiger partial charge in [-0.2, -0.15) is 13.1 Å². The Labute approximate surface area is 119 Å². The van der Waals surface area contributed by atoms with Crippen molar-refractivity contribution in [2.75, 3.05) is 7.11 Å². The van der Waals surface area contributed by atoms with Crippen molar-refractivity contribution in [2.24, 2.45) is 0 Å². The van der Waals surface area contributed by atoms with Gasteiger partial charge in [-0.15, -0.1) is 11.3 Å². The van der Waals surface area contributed by atoms with Crippen molar-refractivity contribution in [1.29, 1.82) is 0 Å². The predicted molar refractivity (Wildman–Crippen MR) is 72.3 cm³/mol. The summed E-state index contributed by atoms with van der Waals surface area (Å²) >= 11 is 1.22. The summed E-state index contributed by atoms with van der Waals surface area (Å²) in [6, 6.07) is 3.30. The van der Waals surface area contributed by atoms with Gasteiger partial charge < -0.3 is 9.84 Å². The van der Waals surface area contributed by atoms with Crippen molar-refractivity contribution >= 4 is 39.7 Å². The highest BCUT2D eigenvalue weighted by Crippen LogP contribution is 2.17. The molecule has 0 fully saturated rings. The fourth-order valence-electron chi connectivity index (χ4n) is 1.09. The van der Waals surface area contributed by atoms with E-state index < -0.39 is 22.3 Å². The van der Waals surface area contributed by atoms with E-state index in [1.165, 1.54) is 17.4 Å². The minimum atomic E-state index is -3.99. The molecule has 3 N–H and O–H groups in total. The number of carbonyl (C=O) groups is 2. The summed E-state index contributed by atoms with van der Waals surface area (Å²) in [5.41, 5.74) is 0. The Morgan fingerprint density at radius 2 is 2.15 bits per heavy atom. The molecule has 0 bridgehead atoms. The zero-order valence-corrected chi connectivity index (χ0v) is 12.0. The maximum absolute atomic E-state index is 11.4. The quantitative estimate of drug-likeness (QED) is 0.658. The number of amides is 1. The Morgan fingerprint density at radius 1 is 1.45 bits per heavy atom. The van der Waals surface area contributed by atoms with E-state index in [0.717, 1.165) is 13.2 Å². The second-order valence-electron chi connectivity index (χ2n) is 3.39. The number of ether oxygens (including phenoxy) is 1. The van der Waals surface area contributed by atoms with Crippen LogP contribution in [0.4, 0.5) is 4.79 Å². The first-order valence-corrected chi connectivity index (χ1v) is 7.47. The second-order valence-corrected chi connectivity index (χ2v) is 6.09. The molecule has 0 aliphatic carbocycles. The van der Waals surface area contributed by atoms with Crippen molar-refractivity contribution in [2.45, 2.75) is 6.54 Å². The third-order valence-electron chi connectivity index (χ3n) is 1.91. The van der Waals surface area contributed by atoms with Crippen molar-refractivity contribution in [3.05, 3.63) is 28.0 Å². The Balaban J connectivity index is 2.58. The number of rotatable bonds is 6. The van der Waals surface area contributed by atoms with Crippen molar-refractivity contribution in [3.8, 4) is 0 Å². The number of thiophene rings is 1. The van der Waals surface area contributed by atoms with Crippen LogP contribution in [0.5, 0.6) is 0 Å². The summed E-state index contributed by atoms with van der Waals surface area (Å²) < 4.78 is 30.7. The van der Waals surface area contributed by atoms with Gasteiger partial charge in [0.15, 0.2) is 0 Å². The zero-order chi connectivity index (χ0) is 15.2. The SMILES string of the molecule is COC(=O)NS(=O)(=O)NCc1ccc(/C=C/C(=O)O)s1. The van der Waals surface area contributed by atoms with E-state index in [1.54, 1.807) is 16.9 Å². The molecule has 0 saturated carbocycles. The van der Waals surface area contributed by atoms with Crippen molar-refractivity contribution in [3.63, 3.8) is 0 Å². The molecular formula is C10H12N2O6S2. The third-order valence-corrected chi connectivity index (χ3v) is 3.92. The highest BCUT2D eigenvalue weighted by molar-refractivity contribution is 7.88. The molecule has 0 aliphatic heterocycles. The Hall–Kier alpha value is -1.91. The number of aliphatic carboxylic acids is 1. The lowest BCUT2D eigenvalue weighted by molar-refractivity contribution is -0.131. The molecule has 0 aliphatic rings. The van der Waals surface area contributed by atoms with Crippen LogP contribution in [0.25, 0.3) is 6.08 Å². The van der Waals surface area contributed by atoms with Crippen LogP contribution in [-0.2, 0) is 26.3 Å². The first-order chi connectivity index (χ1) is 9.32. The van der Waals surface area contributed by atoms with Crippen LogP contribution < -0.4 is 9.44 Å². The molecule has 1 aromatic rings. The molecule has 0 atom stereocenters. The van der Waals surface area contributed by atoms with Crippen LogP contribution in [0.1, 0.15) is 9.75 Å². The number of hydrogen-bond acceptors (Lipinski definition) is 6. The number of carbonyl (C=O) groups excluding carboxylic acids is 1. The average Bonchev–Trinajstić information content (AvgIpc) is 2.81. The van der Waals surface area contributed by atoms with Crippen LogP contribution in [0.2, 0.25) is 0 Å². The van der Waals surface area contributed by atoms with E-state index >= 15 is 0 Å². The van der Waals surface area contributed by atoms with Crippen molar-refractivity contribution < 1.29 is 27.9 Å². The largest absolute Gasteiger partial charge is 0.478 e. The van der Waals surface area contributed by atoms with E-state index in [9.17, 15) is 18.0 Å². The van der Waals surface area contributed by atoms with Crippen LogP contribution in [0.15, 0.2) is 18.2 Å². The molecule has 0 saturated heterocycles. The van der Waals surface area contributed by atoms with Crippen LogP contribution in [-0.4, -0.2) is 32.7 Å². The van der Waals surface area contributed by atoms with Gasteiger partial charge in [-0.05, 0) is 18.2 Å². The highest BCUT2D eigenvalue weighted by atomic mass is 32.2. The molecule has 10 heteroatoms. The standard InChI is InChI=1S/C10H12N2O6S2/c1-18-10(15)12-20(16,17)11-6-8-3-2-7(19-8)4-5-9(13)14/h2-5,11H,6H2,1H3,(H,12,15)(H,13,14)/b5-4+. The number of carboxylic acids is 1. The van der Waals surface area contributed by atoms with Crippen LogP contribution in [0, 0.1) is 0 Å². The van der Waals surface area contributed by atoms with Gasteiger partial charge in [0.1, 0.15) is 0 Å².